The maximum atomic E-state index is 11.8. The lowest BCUT2D eigenvalue weighted by atomic mass is 10.1. The molecule has 5 heteroatoms. The fourth-order valence-electron chi connectivity index (χ4n) is 2.98. The van der Waals surface area contributed by atoms with Crippen LogP contribution in [0.15, 0.2) is 18.2 Å². The number of hydrogen-bond donors (Lipinski definition) is 1. The lowest BCUT2D eigenvalue weighted by molar-refractivity contribution is -0.0696. The monoisotopic (exact) mass is 348 g/mol. The van der Waals surface area contributed by atoms with Crippen molar-refractivity contribution in [1.29, 1.82) is 0 Å². The number of carbonyl (C=O) groups is 1. The molecule has 5 nitrogen and oxygen atoms in total. The first-order chi connectivity index (χ1) is 11.9. The van der Waals surface area contributed by atoms with Gasteiger partial charge in [-0.3, -0.25) is 0 Å². The molecule has 2 amide bonds. The minimum absolute atomic E-state index is 0.162. The molecule has 25 heavy (non-hydrogen) atoms. The van der Waals surface area contributed by atoms with Crippen LogP contribution in [0.3, 0.4) is 0 Å². The van der Waals surface area contributed by atoms with Gasteiger partial charge in [0.05, 0.1) is 0 Å². The van der Waals surface area contributed by atoms with Gasteiger partial charge in [-0.2, -0.15) is 0 Å². The summed E-state index contributed by atoms with van der Waals surface area (Å²) in [5, 5.41) is 2.83. The smallest absolute Gasteiger partial charge is 0.321 e. The van der Waals surface area contributed by atoms with Crippen LogP contribution in [-0.4, -0.2) is 30.8 Å². The van der Waals surface area contributed by atoms with Crippen LogP contribution in [0.25, 0.3) is 0 Å². The molecule has 0 aromatic heterocycles. The Labute approximate surface area is 151 Å². The zero-order chi connectivity index (χ0) is 18.3. The molecule has 1 aromatic carbocycles. The quantitative estimate of drug-likeness (QED) is 0.607. The van der Waals surface area contributed by atoms with Crippen molar-refractivity contribution in [3.63, 3.8) is 0 Å². The molecule has 0 radical (unpaired) electrons. The summed E-state index contributed by atoms with van der Waals surface area (Å²) in [5.41, 5.74) is 0.709. The fraction of sp³-hybridized carbons (Fsp3) is 0.650. The van der Waals surface area contributed by atoms with Crippen LogP contribution in [0.1, 0.15) is 65.2 Å². The molecule has 0 spiro atoms. The summed E-state index contributed by atoms with van der Waals surface area (Å²) in [6.45, 7) is 4.23. The van der Waals surface area contributed by atoms with Gasteiger partial charge < -0.3 is 19.7 Å². The number of anilines is 1. The molecule has 0 aliphatic carbocycles. The van der Waals surface area contributed by atoms with Crippen molar-refractivity contribution in [3.05, 3.63) is 18.2 Å². The number of urea groups is 1. The van der Waals surface area contributed by atoms with Gasteiger partial charge in [0.1, 0.15) is 0 Å². The van der Waals surface area contributed by atoms with E-state index in [1.54, 1.807) is 14.1 Å². The minimum Gasteiger partial charge on any atom is -0.449 e. The Balaban J connectivity index is 1.80. The molecular formula is C20H32N2O3. The van der Waals surface area contributed by atoms with Gasteiger partial charge in [0, 0.05) is 39.2 Å². The molecule has 1 atom stereocenters. The highest BCUT2D eigenvalue weighted by Gasteiger charge is 2.36. The first-order valence-corrected chi connectivity index (χ1v) is 9.44. The second-order valence-electron chi connectivity index (χ2n) is 7.20. The van der Waals surface area contributed by atoms with E-state index in [1.165, 1.54) is 43.4 Å². The van der Waals surface area contributed by atoms with Crippen LogP contribution < -0.4 is 14.8 Å². The second-order valence-corrected chi connectivity index (χ2v) is 7.20. The van der Waals surface area contributed by atoms with Crippen molar-refractivity contribution in [2.45, 2.75) is 71.0 Å². The number of ether oxygens (including phenoxy) is 2. The lowest BCUT2D eigenvalue weighted by Gasteiger charge is -2.22. The zero-order valence-corrected chi connectivity index (χ0v) is 16.1. The highest BCUT2D eigenvalue weighted by Crippen LogP contribution is 2.42. The molecule has 2 rings (SSSR count). The van der Waals surface area contributed by atoms with Crippen LogP contribution in [0.2, 0.25) is 0 Å². The Morgan fingerprint density at radius 1 is 1.04 bits per heavy atom. The van der Waals surface area contributed by atoms with Crippen LogP contribution in [-0.2, 0) is 0 Å². The largest absolute Gasteiger partial charge is 0.449 e. The molecule has 1 unspecified atom stereocenters. The van der Waals surface area contributed by atoms with E-state index < -0.39 is 5.79 Å². The summed E-state index contributed by atoms with van der Waals surface area (Å²) in [6.07, 6.45) is 9.75. The van der Waals surface area contributed by atoms with Crippen LogP contribution >= 0.6 is 0 Å². The van der Waals surface area contributed by atoms with Gasteiger partial charge in [-0.25, -0.2) is 4.79 Å². The normalized spacial score (nSPS) is 18.2. The number of rotatable bonds is 9. The first-order valence-electron chi connectivity index (χ1n) is 9.44. The third-order valence-corrected chi connectivity index (χ3v) is 4.49. The standard InChI is InChI=1S/C20H32N2O3/c1-5-6-7-8-9-10-11-14-20(2)24-17-13-12-16(15-18(17)25-20)21-19(23)22(3)4/h12-13,15H,5-11,14H2,1-4H3,(H,21,23). The van der Waals surface area contributed by atoms with E-state index in [0.29, 0.717) is 11.4 Å². The van der Waals surface area contributed by atoms with Gasteiger partial charge in [-0.15, -0.1) is 0 Å². The van der Waals surface area contributed by atoms with Crippen molar-refractivity contribution in [2.24, 2.45) is 0 Å². The number of nitrogens with zero attached hydrogens (tertiary/aromatic N) is 1. The van der Waals surface area contributed by atoms with Gasteiger partial charge in [0.25, 0.3) is 0 Å². The van der Waals surface area contributed by atoms with E-state index in [2.05, 4.69) is 12.2 Å². The lowest BCUT2D eigenvalue weighted by Crippen LogP contribution is -2.34. The number of fused-ring (bicyclic) bond motifs is 1. The highest BCUT2D eigenvalue weighted by molar-refractivity contribution is 5.89. The summed E-state index contributed by atoms with van der Waals surface area (Å²) < 4.78 is 12.0. The zero-order valence-electron chi connectivity index (χ0n) is 16.1. The van der Waals surface area contributed by atoms with Crippen LogP contribution in [0, 0.1) is 0 Å². The first kappa shape index (κ1) is 19.4. The van der Waals surface area contributed by atoms with Crippen molar-refractivity contribution >= 4 is 11.7 Å². The van der Waals surface area contributed by atoms with E-state index in [1.807, 2.05) is 25.1 Å². The Morgan fingerprint density at radius 3 is 2.36 bits per heavy atom. The summed E-state index contributed by atoms with van der Waals surface area (Å²) in [7, 11) is 3.42. The summed E-state index contributed by atoms with van der Waals surface area (Å²) >= 11 is 0. The molecule has 0 saturated heterocycles. The van der Waals surface area contributed by atoms with Crippen molar-refractivity contribution in [1.82, 2.24) is 4.90 Å². The number of unbranched alkanes of at least 4 members (excludes halogenated alkanes) is 6. The molecule has 1 aliphatic rings. The molecule has 0 saturated carbocycles. The maximum absolute atomic E-state index is 11.8. The number of nitrogens with one attached hydrogen (secondary N) is 1. The van der Waals surface area contributed by atoms with Crippen LogP contribution in [0.4, 0.5) is 10.5 Å². The molecule has 1 aliphatic heterocycles. The molecule has 0 fully saturated rings. The van der Waals surface area contributed by atoms with E-state index in [-0.39, 0.29) is 6.03 Å². The maximum Gasteiger partial charge on any atom is 0.321 e. The van der Waals surface area contributed by atoms with Crippen molar-refractivity contribution in [3.8, 4) is 11.5 Å². The second kappa shape index (κ2) is 8.97. The Hall–Kier alpha value is -1.91. The average Bonchev–Trinajstić information content (AvgIpc) is 2.89. The van der Waals surface area contributed by atoms with Crippen molar-refractivity contribution in [2.75, 3.05) is 19.4 Å². The Morgan fingerprint density at radius 2 is 1.68 bits per heavy atom. The topological polar surface area (TPSA) is 50.8 Å². The summed E-state index contributed by atoms with van der Waals surface area (Å²) in [5.74, 6) is 0.839. The third kappa shape index (κ3) is 5.83. The van der Waals surface area contributed by atoms with Gasteiger partial charge in [0.15, 0.2) is 11.5 Å². The van der Waals surface area contributed by atoms with Gasteiger partial charge >= 0.3 is 6.03 Å². The highest BCUT2D eigenvalue weighted by atomic mass is 16.7. The molecule has 140 valence electrons. The number of amides is 2. The molecule has 1 aromatic rings. The average molecular weight is 348 g/mol. The van der Waals surface area contributed by atoms with Gasteiger partial charge in [-0.05, 0) is 18.6 Å². The van der Waals surface area contributed by atoms with E-state index in [0.717, 1.165) is 18.6 Å². The van der Waals surface area contributed by atoms with Crippen LogP contribution in [0.5, 0.6) is 11.5 Å². The van der Waals surface area contributed by atoms with E-state index in [4.69, 9.17) is 9.47 Å². The Kier molecular flexibility index (Phi) is 6.97. The Bertz CT molecular complexity index is 574. The fourth-order valence-corrected chi connectivity index (χ4v) is 2.98. The minimum atomic E-state index is -0.601. The van der Waals surface area contributed by atoms with Gasteiger partial charge in [0.2, 0.25) is 5.79 Å². The third-order valence-electron chi connectivity index (χ3n) is 4.49. The van der Waals surface area contributed by atoms with Gasteiger partial charge in [-0.1, -0.05) is 45.4 Å². The number of carbonyl (C=O) groups excluding carboxylic acids is 1. The van der Waals surface area contributed by atoms with Crippen molar-refractivity contribution < 1.29 is 14.3 Å². The molecular weight excluding hydrogens is 316 g/mol. The number of hydrogen-bond acceptors (Lipinski definition) is 3. The number of benzene rings is 1. The summed E-state index contributed by atoms with van der Waals surface area (Å²) in [6, 6.07) is 5.36. The molecule has 1 heterocycles. The van der Waals surface area contributed by atoms with E-state index >= 15 is 0 Å². The molecule has 0 bridgehead atoms. The predicted octanol–water partition coefficient (Wildman–Crippen LogP) is 5.41. The van der Waals surface area contributed by atoms with E-state index in [9.17, 15) is 4.79 Å². The molecule has 1 N–H and O–H groups in total. The summed E-state index contributed by atoms with van der Waals surface area (Å²) in [4.78, 5) is 13.2. The predicted molar refractivity (Wildman–Crippen MR) is 101 cm³/mol. The SMILES string of the molecule is CCCCCCCCCC1(C)Oc2ccc(NC(=O)N(C)C)cc2O1.